The Kier molecular flexibility index (Phi) is 1.12. The zero-order valence-electron chi connectivity index (χ0n) is 5.37. The van der Waals surface area contributed by atoms with Crippen molar-refractivity contribution in [3.8, 4) is 0 Å². The molecule has 10 heavy (non-hydrogen) atoms. The minimum atomic E-state index is -1.60. The van der Waals surface area contributed by atoms with Gasteiger partial charge in [-0.2, -0.15) is 0 Å². The average Bonchev–Trinajstić information content (AvgIpc) is 2.36. The molecule has 2 unspecified atom stereocenters. The van der Waals surface area contributed by atoms with Crippen molar-refractivity contribution in [2.24, 2.45) is 0 Å². The van der Waals surface area contributed by atoms with Crippen molar-refractivity contribution in [2.45, 2.75) is 18.3 Å². The van der Waals surface area contributed by atoms with Gasteiger partial charge in [0.05, 0.1) is 6.61 Å². The summed E-state index contributed by atoms with van der Waals surface area (Å²) in [5, 5.41) is 9.40. The van der Waals surface area contributed by atoms with Crippen LogP contribution >= 0.6 is 0 Å². The molecule has 0 aromatic carbocycles. The fraction of sp³-hybridized carbons (Fsp3) is 0.833. The molecule has 0 spiro atoms. The Hall–Kier alpha value is -0.450. The third kappa shape index (κ3) is 0.584. The lowest BCUT2D eigenvalue weighted by Crippen LogP contribution is -2.41. The fourth-order valence-corrected chi connectivity index (χ4v) is 1.35. The molecule has 0 bridgehead atoms. The highest BCUT2D eigenvalue weighted by Crippen LogP contribution is 2.31. The minimum Gasteiger partial charge on any atom is -0.364 e. The molecule has 0 amide bonds. The van der Waals surface area contributed by atoms with Crippen LogP contribution in [0.15, 0.2) is 0 Å². The first-order valence-electron chi connectivity index (χ1n) is 3.25. The smallest absolute Gasteiger partial charge is 0.256 e. The molecule has 0 radical (unpaired) electrons. The summed E-state index contributed by atoms with van der Waals surface area (Å²) in [5.41, 5.74) is 0. The van der Waals surface area contributed by atoms with Gasteiger partial charge in [-0.3, -0.25) is 4.79 Å². The lowest BCUT2D eigenvalue weighted by atomic mass is 10.1. The third-order valence-electron chi connectivity index (χ3n) is 1.95. The van der Waals surface area contributed by atoms with Gasteiger partial charge in [-0.25, -0.2) is 0 Å². The van der Waals surface area contributed by atoms with E-state index >= 15 is 0 Å². The second kappa shape index (κ2) is 1.78. The molecule has 0 saturated carbocycles. The predicted molar refractivity (Wildman–Crippen MR) is 30.3 cm³/mol. The van der Waals surface area contributed by atoms with Crippen molar-refractivity contribution in [2.75, 3.05) is 13.2 Å². The molecule has 2 atom stereocenters. The van der Waals surface area contributed by atoms with Crippen LogP contribution in [0.5, 0.6) is 0 Å². The van der Waals surface area contributed by atoms with Crippen LogP contribution in [0.2, 0.25) is 0 Å². The molecule has 2 heterocycles. The van der Waals surface area contributed by atoms with E-state index in [-0.39, 0.29) is 12.4 Å². The maximum Gasteiger partial charge on any atom is 0.256 e. The number of hydrogen-bond donors (Lipinski definition) is 1. The highest BCUT2D eigenvalue weighted by Gasteiger charge is 2.54. The lowest BCUT2D eigenvalue weighted by molar-refractivity contribution is -0.189. The fourth-order valence-electron chi connectivity index (χ4n) is 1.35. The van der Waals surface area contributed by atoms with Crippen molar-refractivity contribution >= 4 is 5.78 Å². The monoisotopic (exact) mass is 144 g/mol. The summed E-state index contributed by atoms with van der Waals surface area (Å²) < 4.78 is 9.83. The van der Waals surface area contributed by atoms with Gasteiger partial charge in [0.1, 0.15) is 12.7 Å². The second-order valence-electron chi connectivity index (χ2n) is 2.56. The largest absolute Gasteiger partial charge is 0.364 e. The molecular weight excluding hydrogens is 136 g/mol. The van der Waals surface area contributed by atoms with Crippen molar-refractivity contribution in [1.29, 1.82) is 0 Å². The molecule has 2 saturated heterocycles. The number of fused-ring (bicyclic) bond motifs is 1. The highest BCUT2D eigenvalue weighted by atomic mass is 16.7. The van der Waals surface area contributed by atoms with Crippen LogP contribution in [-0.2, 0) is 14.3 Å². The van der Waals surface area contributed by atoms with Gasteiger partial charge in [-0.15, -0.1) is 0 Å². The Balaban J connectivity index is 2.30. The zero-order chi connectivity index (χ0) is 7.19. The van der Waals surface area contributed by atoms with Crippen LogP contribution in [0.25, 0.3) is 0 Å². The normalized spacial score (nSPS) is 46.1. The van der Waals surface area contributed by atoms with E-state index in [4.69, 9.17) is 9.47 Å². The van der Waals surface area contributed by atoms with Gasteiger partial charge >= 0.3 is 0 Å². The second-order valence-corrected chi connectivity index (χ2v) is 2.56. The number of aliphatic hydroxyl groups is 1. The van der Waals surface area contributed by atoms with E-state index in [9.17, 15) is 9.90 Å². The van der Waals surface area contributed by atoms with Gasteiger partial charge in [0.15, 0.2) is 0 Å². The first-order chi connectivity index (χ1) is 4.73. The van der Waals surface area contributed by atoms with Gasteiger partial charge in [0, 0.05) is 6.42 Å². The van der Waals surface area contributed by atoms with Crippen LogP contribution in [-0.4, -0.2) is 36.0 Å². The number of carbonyl (C=O) groups excluding carboxylic acids is 1. The molecule has 0 aromatic rings. The summed E-state index contributed by atoms with van der Waals surface area (Å²) in [7, 11) is 0. The van der Waals surface area contributed by atoms with E-state index < -0.39 is 11.9 Å². The first-order valence-corrected chi connectivity index (χ1v) is 3.25. The van der Waals surface area contributed by atoms with E-state index in [0.717, 1.165) is 0 Å². The summed E-state index contributed by atoms with van der Waals surface area (Å²) in [6.07, 6.45) is 0.197. The highest BCUT2D eigenvalue weighted by molar-refractivity contribution is 5.89. The van der Waals surface area contributed by atoms with Crippen LogP contribution in [0, 0.1) is 0 Å². The number of Topliss-reactive ketones (excluding diaryl/α,β-unsaturated/α-hetero) is 1. The summed E-state index contributed by atoms with van der Waals surface area (Å²) in [4.78, 5) is 10.9. The number of ether oxygens (including phenoxy) is 2. The molecule has 0 aliphatic carbocycles. The zero-order valence-corrected chi connectivity index (χ0v) is 5.37. The standard InChI is InChI=1S/C6H8O4/c7-4-3-9-5-1-2-10-6(4,5)8/h5,8H,1-3H2. The molecule has 0 aromatic heterocycles. The molecule has 2 fully saturated rings. The Morgan fingerprint density at radius 1 is 1.70 bits per heavy atom. The van der Waals surface area contributed by atoms with E-state index in [0.29, 0.717) is 13.0 Å². The molecule has 56 valence electrons. The molecule has 4 nitrogen and oxygen atoms in total. The summed E-state index contributed by atoms with van der Waals surface area (Å²) in [5.74, 6) is -1.95. The Morgan fingerprint density at radius 2 is 2.50 bits per heavy atom. The van der Waals surface area contributed by atoms with Gasteiger partial charge in [0.25, 0.3) is 5.79 Å². The number of rotatable bonds is 0. The van der Waals surface area contributed by atoms with Crippen LogP contribution in [0.1, 0.15) is 6.42 Å². The van der Waals surface area contributed by atoms with E-state index in [1.54, 1.807) is 0 Å². The molecule has 2 aliphatic rings. The number of carbonyl (C=O) groups is 1. The van der Waals surface area contributed by atoms with Crippen molar-refractivity contribution in [3.63, 3.8) is 0 Å². The summed E-state index contributed by atoms with van der Waals surface area (Å²) in [6, 6.07) is 0. The SMILES string of the molecule is O=C1COC2CCOC12O. The van der Waals surface area contributed by atoms with Crippen molar-refractivity contribution in [1.82, 2.24) is 0 Å². The van der Waals surface area contributed by atoms with E-state index in [1.807, 2.05) is 0 Å². The van der Waals surface area contributed by atoms with Crippen LogP contribution < -0.4 is 0 Å². The Morgan fingerprint density at radius 3 is 3.20 bits per heavy atom. The van der Waals surface area contributed by atoms with Crippen molar-refractivity contribution in [3.05, 3.63) is 0 Å². The molecule has 2 aliphatic heterocycles. The lowest BCUT2D eigenvalue weighted by Gasteiger charge is -2.16. The Labute approximate surface area is 57.7 Å². The topological polar surface area (TPSA) is 55.8 Å². The predicted octanol–water partition coefficient (Wildman–Crippen LogP) is -0.937. The average molecular weight is 144 g/mol. The number of ketones is 1. The molecule has 2 rings (SSSR count). The Bertz CT molecular complexity index is 179. The van der Waals surface area contributed by atoms with Gasteiger partial charge in [-0.1, -0.05) is 0 Å². The maximum atomic E-state index is 10.9. The molecule has 4 heteroatoms. The third-order valence-corrected chi connectivity index (χ3v) is 1.95. The minimum absolute atomic E-state index is 0.0127. The first kappa shape index (κ1) is 6.27. The van der Waals surface area contributed by atoms with Gasteiger partial charge in [-0.05, 0) is 0 Å². The quantitative estimate of drug-likeness (QED) is 0.477. The molecule has 1 N–H and O–H groups in total. The summed E-state index contributed by atoms with van der Waals surface area (Å²) in [6.45, 7) is 0.397. The van der Waals surface area contributed by atoms with Crippen LogP contribution in [0.4, 0.5) is 0 Å². The van der Waals surface area contributed by atoms with E-state index in [2.05, 4.69) is 0 Å². The van der Waals surface area contributed by atoms with E-state index in [1.165, 1.54) is 0 Å². The van der Waals surface area contributed by atoms with Crippen molar-refractivity contribution < 1.29 is 19.4 Å². The summed E-state index contributed by atoms with van der Waals surface area (Å²) >= 11 is 0. The van der Waals surface area contributed by atoms with Gasteiger partial charge in [0.2, 0.25) is 5.78 Å². The molecular formula is C6H8O4. The van der Waals surface area contributed by atoms with Crippen LogP contribution in [0.3, 0.4) is 0 Å². The maximum absolute atomic E-state index is 10.9. The van der Waals surface area contributed by atoms with Gasteiger partial charge < -0.3 is 14.6 Å². The number of hydrogen-bond acceptors (Lipinski definition) is 4.